The number of aryl methyl sites for hydroxylation is 1. The topological polar surface area (TPSA) is 39.9 Å². The number of nitrogens with zero attached hydrogens (tertiary/aromatic N) is 3. The Hall–Kier alpha value is -6.21. The largest absolute Gasteiger partial charge is 0.439 e. The number of ether oxygens (including phenoxy) is 1. The highest BCUT2D eigenvalue weighted by Crippen LogP contribution is 2.44. The van der Waals surface area contributed by atoms with Crippen LogP contribution in [0, 0.1) is 6.92 Å². The van der Waals surface area contributed by atoms with Gasteiger partial charge in [-0.2, -0.15) is 13.2 Å². The molecule has 49 heavy (non-hydrogen) atoms. The second-order valence-corrected chi connectivity index (χ2v) is 11.9. The molecule has 3 aromatic heterocycles. The highest BCUT2D eigenvalue weighted by Gasteiger charge is 2.35. The van der Waals surface area contributed by atoms with Crippen molar-refractivity contribution < 1.29 is 17.9 Å². The summed E-state index contributed by atoms with van der Waals surface area (Å²) in [5.74, 6) is 1.32. The van der Waals surface area contributed by atoms with Crippen LogP contribution in [-0.2, 0) is 6.18 Å². The molecule has 8 aromatic rings. The average molecular weight is 648 g/mol. The van der Waals surface area contributed by atoms with Gasteiger partial charge in [-0.05, 0) is 94.9 Å². The summed E-state index contributed by atoms with van der Waals surface area (Å²) in [7, 11) is 0. The zero-order valence-corrected chi connectivity index (χ0v) is 26.3. The van der Waals surface area contributed by atoms with Crippen LogP contribution in [0.15, 0.2) is 152 Å². The SMILES string of the molecule is Cc1ccc2c(c1)c1cc(C(F)(F)F)c(-c3cccc(Oc4cc(-c5ccccc5)ccn4)c3)cc1n2-c1cc(-c2ccccc2)ccn1. The van der Waals surface area contributed by atoms with Gasteiger partial charge in [-0.15, -0.1) is 0 Å². The van der Waals surface area contributed by atoms with Crippen LogP contribution in [0.3, 0.4) is 0 Å². The molecular weight excluding hydrogens is 619 g/mol. The smallest absolute Gasteiger partial charge is 0.417 e. The van der Waals surface area contributed by atoms with E-state index in [2.05, 4.69) is 4.98 Å². The molecule has 0 saturated heterocycles. The number of benzene rings is 5. The molecule has 0 radical (unpaired) electrons. The number of aromatic nitrogens is 3. The van der Waals surface area contributed by atoms with Crippen LogP contribution < -0.4 is 4.74 Å². The summed E-state index contributed by atoms with van der Waals surface area (Å²) in [5, 5.41) is 1.22. The van der Waals surface area contributed by atoms with Gasteiger partial charge >= 0.3 is 6.18 Å². The monoisotopic (exact) mass is 647 g/mol. The molecule has 8 rings (SSSR count). The Balaban J connectivity index is 1.29. The Bertz CT molecular complexity index is 2470. The fourth-order valence-electron chi connectivity index (χ4n) is 6.37. The van der Waals surface area contributed by atoms with Gasteiger partial charge in [0.15, 0.2) is 0 Å². The van der Waals surface area contributed by atoms with E-state index in [0.717, 1.165) is 38.7 Å². The first-order chi connectivity index (χ1) is 23.8. The van der Waals surface area contributed by atoms with E-state index < -0.39 is 11.7 Å². The lowest BCUT2D eigenvalue weighted by atomic mass is 9.96. The van der Waals surface area contributed by atoms with Gasteiger partial charge in [-0.1, -0.05) is 84.4 Å². The van der Waals surface area contributed by atoms with Gasteiger partial charge in [-0.3, -0.25) is 4.57 Å². The second kappa shape index (κ2) is 12.1. The van der Waals surface area contributed by atoms with Gasteiger partial charge in [0.2, 0.25) is 5.88 Å². The minimum atomic E-state index is -4.62. The Morgan fingerprint density at radius 2 is 1.20 bits per heavy atom. The van der Waals surface area contributed by atoms with Crippen LogP contribution >= 0.6 is 0 Å². The van der Waals surface area contributed by atoms with Gasteiger partial charge < -0.3 is 4.74 Å². The molecule has 4 nitrogen and oxygen atoms in total. The highest BCUT2D eigenvalue weighted by atomic mass is 19.4. The van der Waals surface area contributed by atoms with Crippen LogP contribution in [-0.4, -0.2) is 14.5 Å². The maximum absolute atomic E-state index is 14.9. The van der Waals surface area contributed by atoms with E-state index in [-0.39, 0.29) is 5.56 Å². The number of pyridine rings is 2. The van der Waals surface area contributed by atoms with Crippen molar-refractivity contribution in [3.8, 4) is 50.8 Å². The van der Waals surface area contributed by atoms with E-state index >= 15 is 0 Å². The minimum absolute atomic E-state index is 0.0384. The van der Waals surface area contributed by atoms with Gasteiger partial charge in [0.05, 0.1) is 16.6 Å². The lowest BCUT2D eigenvalue weighted by Crippen LogP contribution is -2.08. The Labute approximate surface area is 280 Å². The minimum Gasteiger partial charge on any atom is -0.439 e. The lowest BCUT2D eigenvalue weighted by molar-refractivity contribution is -0.137. The number of halogens is 3. The number of hydrogen-bond acceptors (Lipinski definition) is 3. The molecule has 5 aromatic carbocycles. The molecule has 7 heteroatoms. The van der Waals surface area contributed by atoms with Gasteiger partial charge in [0, 0.05) is 29.2 Å². The van der Waals surface area contributed by atoms with Crippen molar-refractivity contribution in [2.24, 2.45) is 0 Å². The van der Waals surface area contributed by atoms with Gasteiger partial charge in [0.25, 0.3) is 0 Å². The van der Waals surface area contributed by atoms with E-state index in [9.17, 15) is 13.2 Å². The highest BCUT2D eigenvalue weighted by molar-refractivity contribution is 6.11. The number of alkyl halides is 3. The van der Waals surface area contributed by atoms with E-state index in [0.29, 0.717) is 33.9 Å². The van der Waals surface area contributed by atoms with E-state index in [1.165, 1.54) is 6.07 Å². The number of fused-ring (bicyclic) bond motifs is 3. The first-order valence-corrected chi connectivity index (χ1v) is 15.8. The fourth-order valence-corrected chi connectivity index (χ4v) is 6.37. The standard InChI is InChI=1S/C42H28F3N3O/c1-27-15-16-38-35(21-27)36-25-37(42(43,44)45)34(26-39(36)48(38)40-23-30(17-19-46-40)28-9-4-2-5-10-28)32-13-8-14-33(22-32)49-41-24-31(18-20-47-41)29-11-6-3-7-12-29/h2-26H,1H3. The molecular formula is C42H28F3N3O. The summed E-state index contributed by atoms with van der Waals surface area (Å²) < 4.78 is 52.8. The molecule has 0 aliphatic carbocycles. The van der Waals surface area contributed by atoms with Crippen LogP contribution in [0.4, 0.5) is 13.2 Å². The van der Waals surface area contributed by atoms with Crippen molar-refractivity contribution >= 4 is 21.8 Å². The maximum Gasteiger partial charge on any atom is 0.417 e. The first-order valence-electron chi connectivity index (χ1n) is 15.8. The van der Waals surface area contributed by atoms with Crippen molar-refractivity contribution in [1.82, 2.24) is 14.5 Å². The molecule has 0 amide bonds. The predicted octanol–water partition coefficient (Wildman–Crippen LogP) is 11.7. The molecule has 0 atom stereocenters. The van der Waals surface area contributed by atoms with E-state index in [1.54, 1.807) is 42.7 Å². The molecule has 0 N–H and O–H groups in total. The van der Waals surface area contributed by atoms with Crippen LogP contribution in [0.25, 0.3) is 61.0 Å². The lowest BCUT2D eigenvalue weighted by Gasteiger charge is -2.16. The number of hydrogen-bond donors (Lipinski definition) is 0. The first kappa shape index (κ1) is 30.1. The van der Waals surface area contributed by atoms with Crippen molar-refractivity contribution in [3.05, 3.63) is 163 Å². The summed E-state index contributed by atoms with van der Waals surface area (Å²) in [6.45, 7) is 1.94. The van der Waals surface area contributed by atoms with Crippen LogP contribution in [0.1, 0.15) is 11.1 Å². The van der Waals surface area contributed by atoms with E-state index in [1.807, 2.05) is 115 Å². The summed E-state index contributed by atoms with van der Waals surface area (Å²) in [5.41, 5.74) is 5.90. The maximum atomic E-state index is 14.9. The third-order valence-electron chi connectivity index (χ3n) is 8.66. The molecule has 0 fully saturated rings. The second-order valence-electron chi connectivity index (χ2n) is 11.9. The van der Waals surface area contributed by atoms with Gasteiger partial charge in [-0.25, -0.2) is 9.97 Å². The van der Waals surface area contributed by atoms with Crippen molar-refractivity contribution in [3.63, 3.8) is 0 Å². The molecule has 0 spiro atoms. The average Bonchev–Trinajstić information content (AvgIpc) is 3.44. The molecule has 238 valence electrons. The van der Waals surface area contributed by atoms with Crippen molar-refractivity contribution in [2.75, 3.05) is 0 Å². The summed E-state index contributed by atoms with van der Waals surface area (Å²) in [6.07, 6.45) is -1.23. The van der Waals surface area contributed by atoms with Crippen LogP contribution in [0.2, 0.25) is 0 Å². The molecule has 0 unspecified atom stereocenters. The Kier molecular flexibility index (Phi) is 7.45. The summed E-state index contributed by atoms with van der Waals surface area (Å²) >= 11 is 0. The van der Waals surface area contributed by atoms with Crippen molar-refractivity contribution in [1.29, 1.82) is 0 Å². The van der Waals surface area contributed by atoms with E-state index in [4.69, 9.17) is 9.72 Å². The number of rotatable bonds is 6. The molecule has 0 aliphatic heterocycles. The zero-order chi connectivity index (χ0) is 33.5. The molecule has 0 bridgehead atoms. The predicted molar refractivity (Wildman–Crippen MR) is 189 cm³/mol. The summed E-state index contributed by atoms with van der Waals surface area (Å²) in [4.78, 5) is 9.06. The molecule has 0 aliphatic rings. The molecule has 3 heterocycles. The summed E-state index contributed by atoms with van der Waals surface area (Å²) in [6, 6.07) is 42.8. The Morgan fingerprint density at radius 1 is 0.551 bits per heavy atom. The quantitative estimate of drug-likeness (QED) is 0.180. The van der Waals surface area contributed by atoms with Crippen LogP contribution in [0.5, 0.6) is 11.6 Å². The van der Waals surface area contributed by atoms with Crippen molar-refractivity contribution in [2.45, 2.75) is 13.1 Å². The Morgan fingerprint density at radius 3 is 1.92 bits per heavy atom. The van der Waals surface area contributed by atoms with Gasteiger partial charge in [0.1, 0.15) is 11.6 Å². The third-order valence-corrected chi connectivity index (χ3v) is 8.66. The normalized spacial score (nSPS) is 11.7. The molecule has 0 saturated carbocycles. The third kappa shape index (κ3) is 5.80. The fraction of sp³-hybridized carbons (Fsp3) is 0.0476. The zero-order valence-electron chi connectivity index (χ0n) is 26.3.